The Hall–Kier alpha value is -1.36. The summed E-state index contributed by atoms with van der Waals surface area (Å²) in [7, 11) is 0. The van der Waals surface area contributed by atoms with Gasteiger partial charge in [-0.2, -0.15) is 0 Å². The molecule has 1 heterocycles. The van der Waals surface area contributed by atoms with Crippen molar-refractivity contribution in [1.82, 2.24) is 9.97 Å². The Kier molecular flexibility index (Phi) is 3.24. The highest BCUT2D eigenvalue weighted by molar-refractivity contribution is 5.08. The second-order valence-electron chi connectivity index (χ2n) is 4.32. The van der Waals surface area contributed by atoms with Crippen LogP contribution >= 0.6 is 0 Å². The van der Waals surface area contributed by atoms with Crippen molar-refractivity contribution in [1.29, 1.82) is 0 Å². The highest BCUT2D eigenvalue weighted by Crippen LogP contribution is 2.21. The second-order valence-corrected chi connectivity index (χ2v) is 4.32. The highest BCUT2D eigenvalue weighted by atomic mass is 16.5. The molecule has 0 radical (unpaired) electrons. The van der Waals surface area contributed by atoms with E-state index in [1.54, 1.807) is 6.92 Å². The van der Waals surface area contributed by atoms with E-state index < -0.39 is 0 Å². The van der Waals surface area contributed by atoms with Crippen LogP contribution in [0, 0.1) is 6.92 Å². The number of H-pyrrole nitrogens is 1. The van der Waals surface area contributed by atoms with Crippen LogP contribution in [0.2, 0.25) is 0 Å². The first-order chi connectivity index (χ1) is 7.63. The largest absolute Gasteiger partial charge is 0.474 e. The van der Waals surface area contributed by atoms with Crippen LogP contribution in [0.1, 0.15) is 31.5 Å². The van der Waals surface area contributed by atoms with E-state index in [9.17, 15) is 4.79 Å². The molecule has 0 spiro atoms. The lowest BCUT2D eigenvalue weighted by Gasteiger charge is -2.26. The number of hydrogen-bond donors (Lipinski definition) is 2. The Morgan fingerprint density at radius 1 is 1.44 bits per heavy atom. The molecule has 0 amide bonds. The van der Waals surface area contributed by atoms with E-state index in [4.69, 9.17) is 10.5 Å². The number of hydrogen-bond acceptors (Lipinski definition) is 4. The summed E-state index contributed by atoms with van der Waals surface area (Å²) in [4.78, 5) is 17.9. The van der Waals surface area contributed by atoms with Gasteiger partial charge in [-0.1, -0.05) is 0 Å². The Morgan fingerprint density at radius 2 is 2.12 bits per heavy atom. The lowest BCUT2D eigenvalue weighted by molar-refractivity contribution is 0.140. The van der Waals surface area contributed by atoms with E-state index in [0.717, 1.165) is 25.7 Å². The maximum Gasteiger partial charge on any atom is 0.254 e. The minimum atomic E-state index is -0.171. The molecule has 0 atom stereocenters. The molecule has 16 heavy (non-hydrogen) atoms. The Morgan fingerprint density at radius 3 is 2.75 bits per heavy atom. The molecule has 1 saturated carbocycles. The number of nitrogens with two attached hydrogens (primary N) is 1. The van der Waals surface area contributed by atoms with Gasteiger partial charge in [0.1, 0.15) is 11.9 Å². The summed E-state index contributed by atoms with van der Waals surface area (Å²) in [5, 5.41) is 0. The van der Waals surface area contributed by atoms with Crippen molar-refractivity contribution in [2.75, 3.05) is 0 Å². The standard InChI is InChI=1S/C11H17N3O2/c1-7-13-10(15)6-11(14-7)16-9-4-2-8(12)3-5-9/h6,8-9H,2-5,12H2,1H3,(H,13,14,15). The zero-order valence-electron chi connectivity index (χ0n) is 9.40. The minimum Gasteiger partial charge on any atom is -0.474 e. The maximum atomic E-state index is 11.2. The second kappa shape index (κ2) is 4.65. The van der Waals surface area contributed by atoms with E-state index in [2.05, 4.69) is 9.97 Å². The lowest BCUT2D eigenvalue weighted by Crippen LogP contribution is -2.32. The quantitative estimate of drug-likeness (QED) is 0.774. The number of aryl methyl sites for hydroxylation is 1. The summed E-state index contributed by atoms with van der Waals surface area (Å²) < 4.78 is 5.68. The van der Waals surface area contributed by atoms with Gasteiger partial charge in [0, 0.05) is 6.04 Å². The summed E-state index contributed by atoms with van der Waals surface area (Å²) in [6, 6.07) is 1.69. The molecule has 3 N–H and O–H groups in total. The monoisotopic (exact) mass is 223 g/mol. The van der Waals surface area contributed by atoms with Crippen molar-refractivity contribution < 1.29 is 4.74 Å². The van der Waals surface area contributed by atoms with E-state index in [1.165, 1.54) is 6.07 Å². The zero-order valence-corrected chi connectivity index (χ0v) is 9.40. The molecule has 5 nitrogen and oxygen atoms in total. The Bertz CT molecular complexity index is 408. The van der Waals surface area contributed by atoms with Crippen LogP contribution in [0.3, 0.4) is 0 Å². The van der Waals surface area contributed by atoms with Gasteiger partial charge >= 0.3 is 0 Å². The molecular weight excluding hydrogens is 206 g/mol. The van der Waals surface area contributed by atoms with Gasteiger partial charge in [0.15, 0.2) is 0 Å². The molecule has 1 aromatic heterocycles. The SMILES string of the molecule is Cc1nc(OC2CCC(N)CC2)cc(=O)[nH]1. The van der Waals surface area contributed by atoms with Crippen LogP contribution in [-0.4, -0.2) is 22.1 Å². The number of nitrogens with one attached hydrogen (secondary N) is 1. The third kappa shape index (κ3) is 2.82. The lowest BCUT2D eigenvalue weighted by atomic mass is 9.94. The van der Waals surface area contributed by atoms with E-state index >= 15 is 0 Å². The van der Waals surface area contributed by atoms with Crippen LogP contribution in [-0.2, 0) is 0 Å². The molecule has 88 valence electrons. The predicted molar refractivity (Wildman–Crippen MR) is 60.5 cm³/mol. The first kappa shape index (κ1) is 11.1. The summed E-state index contributed by atoms with van der Waals surface area (Å²) in [5.41, 5.74) is 5.64. The number of aromatic amines is 1. The topological polar surface area (TPSA) is 81.0 Å². The van der Waals surface area contributed by atoms with E-state index in [0.29, 0.717) is 17.7 Å². The molecule has 1 aliphatic rings. The molecule has 0 aliphatic heterocycles. The predicted octanol–water partition coefficient (Wildman–Crippen LogP) is 0.727. The van der Waals surface area contributed by atoms with Crippen LogP contribution in [0.25, 0.3) is 0 Å². The van der Waals surface area contributed by atoms with Crippen LogP contribution in [0.5, 0.6) is 5.88 Å². The third-order valence-electron chi connectivity index (χ3n) is 2.84. The molecule has 0 aromatic carbocycles. The smallest absolute Gasteiger partial charge is 0.254 e. The van der Waals surface area contributed by atoms with Gasteiger partial charge in [0.05, 0.1) is 6.07 Å². The molecule has 0 saturated heterocycles. The molecule has 5 heteroatoms. The molecule has 0 unspecified atom stereocenters. The van der Waals surface area contributed by atoms with Crippen molar-refractivity contribution >= 4 is 0 Å². The van der Waals surface area contributed by atoms with Crippen LogP contribution < -0.4 is 16.0 Å². The highest BCUT2D eigenvalue weighted by Gasteiger charge is 2.20. The summed E-state index contributed by atoms with van der Waals surface area (Å²) in [6.07, 6.45) is 3.98. The average molecular weight is 223 g/mol. The number of rotatable bonds is 2. The van der Waals surface area contributed by atoms with E-state index in [1.807, 2.05) is 0 Å². The molecular formula is C11H17N3O2. The average Bonchev–Trinajstić information content (AvgIpc) is 2.20. The fourth-order valence-electron chi connectivity index (χ4n) is 1.99. The molecule has 1 aliphatic carbocycles. The van der Waals surface area contributed by atoms with Crippen molar-refractivity contribution in [3.05, 3.63) is 22.2 Å². The fraction of sp³-hybridized carbons (Fsp3) is 0.636. The summed E-state index contributed by atoms with van der Waals surface area (Å²) in [5.74, 6) is 0.997. The van der Waals surface area contributed by atoms with Gasteiger partial charge in [-0.25, -0.2) is 4.98 Å². The first-order valence-corrected chi connectivity index (χ1v) is 5.63. The van der Waals surface area contributed by atoms with Gasteiger partial charge in [-0.05, 0) is 32.6 Å². The van der Waals surface area contributed by atoms with Gasteiger partial charge in [-0.15, -0.1) is 0 Å². The van der Waals surface area contributed by atoms with Gasteiger partial charge < -0.3 is 15.5 Å². The molecule has 2 rings (SSSR count). The van der Waals surface area contributed by atoms with Gasteiger partial charge in [0.2, 0.25) is 5.88 Å². The third-order valence-corrected chi connectivity index (χ3v) is 2.84. The molecule has 0 bridgehead atoms. The van der Waals surface area contributed by atoms with Crippen LogP contribution in [0.4, 0.5) is 0 Å². The fourth-order valence-corrected chi connectivity index (χ4v) is 1.99. The normalized spacial score (nSPS) is 25.4. The van der Waals surface area contributed by atoms with Gasteiger partial charge in [0.25, 0.3) is 5.56 Å². The first-order valence-electron chi connectivity index (χ1n) is 5.63. The Balaban J connectivity index is 2.01. The molecule has 1 fully saturated rings. The van der Waals surface area contributed by atoms with Crippen molar-refractivity contribution in [2.45, 2.75) is 44.8 Å². The van der Waals surface area contributed by atoms with Crippen molar-refractivity contribution in [2.24, 2.45) is 5.73 Å². The number of aromatic nitrogens is 2. The molecule has 1 aromatic rings. The van der Waals surface area contributed by atoms with Gasteiger partial charge in [-0.3, -0.25) is 4.79 Å². The maximum absolute atomic E-state index is 11.2. The zero-order chi connectivity index (χ0) is 11.5. The van der Waals surface area contributed by atoms with Crippen molar-refractivity contribution in [3.8, 4) is 5.88 Å². The summed E-state index contributed by atoms with van der Waals surface area (Å²) >= 11 is 0. The Labute approximate surface area is 94.0 Å². The number of nitrogens with zero attached hydrogens (tertiary/aromatic N) is 1. The summed E-state index contributed by atoms with van der Waals surface area (Å²) in [6.45, 7) is 1.74. The van der Waals surface area contributed by atoms with Crippen LogP contribution in [0.15, 0.2) is 10.9 Å². The van der Waals surface area contributed by atoms with E-state index in [-0.39, 0.29) is 11.7 Å². The minimum absolute atomic E-state index is 0.147. The number of ether oxygens (including phenoxy) is 1. The van der Waals surface area contributed by atoms with Crippen molar-refractivity contribution in [3.63, 3.8) is 0 Å².